The maximum atomic E-state index is 14.6. The molecule has 0 aliphatic carbocycles. The first-order valence-electron chi connectivity index (χ1n) is 17.8. The number of halogens is 6. The second-order valence-corrected chi connectivity index (χ2v) is 14.0. The first-order valence-corrected chi connectivity index (χ1v) is 17.8. The van der Waals surface area contributed by atoms with Gasteiger partial charge in [0.1, 0.15) is 0 Å². The molecule has 9 rings (SSSR count). The maximum Gasteiger partial charge on any atom is 0.417 e. The smallest absolute Gasteiger partial charge is 0.309 e. The summed E-state index contributed by atoms with van der Waals surface area (Å²) in [6, 6.07) is 41.5. The van der Waals surface area contributed by atoms with E-state index in [9.17, 15) is 31.6 Å². The van der Waals surface area contributed by atoms with Gasteiger partial charge >= 0.3 is 12.4 Å². The summed E-state index contributed by atoms with van der Waals surface area (Å²) in [4.78, 5) is 0. The minimum atomic E-state index is -4.62. The van der Waals surface area contributed by atoms with Gasteiger partial charge in [0.05, 0.1) is 56.2 Å². The lowest BCUT2D eigenvalue weighted by atomic mass is 9.91. The second kappa shape index (κ2) is 12.6. The van der Waals surface area contributed by atoms with Gasteiger partial charge in [-0.15, -0.1) is 0 Å². The van der Waals surface area contributed by atoms with Gasteiger partial charge in [0.15, 0.2) is 0 Å². The van der Waals surface area contributed by atoms with Crippen LogP contribution in [0.2, 0.25) is 0 Å². The van der Waals surface area contributed by atoms with Crippen LogP contribution in [-0.4, -0.2) is 9.13 Å². The van der Waals surface area contributed by atoms with Crippen molar-refractivity contribution < 1.29 is 26.3 Å². The molecule has 0 amide bonds. The minimum absolute atomic E-state index is 0.0623. The lowest BCUT2D eigenvalue weighted by Gasteiger charge is -2.21. The van der Waals surface area contributed by atoms with Crippen LogP contribution in [0.25, 0.3) is 77.2 Å². The van der Waals surface area contributed by atoms with Crippen LogP contribution < -0.4 is 0 Å². The Labute approximate surface area is 316 Å². The number of fused-ring (bicyclic) bond motifs is 6. The molecule has 56 heavy (non-hydrogen) atoms. The summed E-state index contributed by atoms with van der Waals surface area (Å²) < 4.78 is 89.8. The monoisotopic (exact) mass is 749 g/mol. The third kappa shape index (κ3) is 5.51. The number of hydrogen-bond donors (Lipinski definition) is 0. The number of aryl methyl sites for hydroxylation is 2. The molecule has 7 aromatic carbocycles. The number of benzene rings is 7. The van der Waals surface area contributed by atoms with Gasteiger partial charge < -0.3 is 9.13 Å². The molecule has 0 atom stereocenters. The van der Waals surface area contributed by atoms with Gasteiger partial charge in [-0.25, -0.2) is 0 Å². The van der Waals surface area contributed by atoms with E-state index >= 15 is 0 Å². The molecule has 9 aromatic rings. The Morgan fingerprint density at radius 3 is 1.70 bits per heavy atom. The van der Waals surface area contributed by atoms with Gasteiger partial charge in [0, 0.05) is 32.7 Å². The van der Waals surface area contributed by atoms with Crippen LogP contribution >= 0.6 is 0 Å². The van der Waals surface area contributed by atoms with Gasteiger partial charge in [0.2, 0.25) is 0 Å². The van der Waals surface area contributed by atoms with Crippen LogP contribution in [0.3, 0.4) is 0 Å². The van der Waals surface area contributed by atoms with Crippen molar-refractivity contribution in [2.45, 2.75) is 26.2 Å². The van der Waals surface area contributed by atoms with Gasteiger partial charge in [0.25, 0.3) is 0 Å². The Hall–Kier alpha value is -6.79. The fourth-order valence-electron chi connectivity index (χ4n) is 8.16. The van der Waals surface area contributed by atoms with E-state index in [1.165, 1.54) is 12.1 Å². The molecule has 0 aliphatic heterocycles. The fourth-order valence-corrected chi connectivity index (χ4v) is 8.16. The SMILES string of the molecule is Cc1ccc2c(c1)c1ccccc1n2-c1cc(-c2c(C)cccc2C(F)(F)F)ccc1-c1ccc(C#N)cc1-n1c2ccccc2c2cc(C(F)(F)F)ccc21. The number of nitrogens with zero attached hydrogens (tertiary/aromatic N) is 3. The van der Waals surface area contributed by atoms with Crippen LogP contribution in [0.15, 0.2) is 140 Å². The molecule has 0 bridgehead atoms. The van der Waals surface area contributed by atoms with Crippen molar-refractivity contribution in [1.29, 1.82) is 5.26 Å². The zero-order chi connectivity index (χ0) is 39.1. The number of hydrogen-bond acceptors (Lipinski definition) is 1. The highest BCUT2D eigenvalue weighted by molar-refractivity contribution is 6.12. The first kappa shape index (κ1) is 34.9. The largest absolute Gasteiger partial charge is 0.417 e. The van der Waals surface area contributed by atoms with Crippen LogP contribution in [0.5, 0.6) is 0 Å². The van der Waals surface area contributed by atoms with E-state index in [4.69, 9.17) is 0 Å². The minimum Gasteiger partial charge on any atom is -0.309 e. The van der Waals surface area contributed by atoms with E-state index in [1.807, 2.05) is 54.0 Å². The molecule has 0 spiro atoms. The topological polar surface area (TPSA) is 33.6 Å². The summed E-state index contributed by atoms with van der Waals surface area (Å²) in [6.07, 6.45) is -9.18. The Kier molecular flexibility index (Phi) is 7.89. The Balaban J connectivity index is 1.42. The molecule has 0 N–H and O–H groups in total. The third-order valence-electron chi connectivity index (χ3n) is 10.6. The summed E-state index contributed by atoms with van der Waals surface area (Å²) in [5.74, 6) is 0. The van der Waals surface area contributed by atoms with Gasteiger partial charge in [-0.05, 0) is 97.3 Å². The van der Waals surface area contributed by atoms with Crippen LogP contribution in [0.4, 0.5) is 26.3 Å². The number of para-hydroxylation sites is 2. The summed E-state index contributed by atoms with van der Waals surface area (Å²) >= 11 is 0. The number of alkyl halides is 6. The molecule has 2 heterocycles. The molecule has 0 unspecified atom stereocenters. The normalized spacial score (nSPS) is 12.3. The molecule has 0 aliphatic rings. The van der Waals surface area contributed by atoms with Crippen LogP contribution in [0, 0.1) is 25.2 Å². The lowest BCUT2D eigenvalue weighted by molar-refractivity contribution is -0.138. The van der Waals surface area contributed by atoms with Crippen molar-refractivity contribution in [2.75, 3.05) is 0 Å². The highest BCUT2D eigenvalue weighted by Gasteiger charge is 2.35. The molecule has 274 valence electrons. The zero-order valence-corrected chi connectivity index (χ0v) is 29.9. The summed E-state index contributed by atoms with van der Waals surface area (Å²) in [6.45, 7) is 3.66. The molecule has 2 aromatic heterocycles. The standard InChI is InChI=1S/C47H29F6N3/c1-27-14-20-41-36(22-27)32-9-3-5-12-39(32)56(41)44-24-30(45-28(2)8-7-11-38(45)47(51,52)53)16-19-35(44)34-18-15-29(26-54)23-43(34)55-40-13-6-4-10-33(40)37-25-31(46(48,49)50)17-21-42(37)55/h3-25H,1-2H3. The van der Waals surface area contributed by atoms with E-state index in [-0.39, 0.29) is 5.56 Å². The molecule has 0 saturated carbocycles. The average Bonchev–Trinajstić information content (AvgIpc) is 3.69. The second-order valence-electron chi connectivity index (χ2n) is 14.0. The number of aromatic nitrogens is 2. The molecule has 0 radical (unpaired) electrons. The van der Waals surface area contributed by atoms with Crippen LogP contribution in [0.1, 0.15) is 27.8 Å². The highest BCUT2D eigenvalue weighted by Crippen LogP contribution is 2.45. The molecular weight excluding hydrogens is 721 g/mol. The summed E-state index contributed by atoms with van der Waals surface area (Å²) in [7, 11) is 0. The van der Waals surface area contributed by atoms with Gasteiger partial charge in [-0.3, -0.25) is 0 Å². The van der Waals surface area contributed by atoms with Crippen molar-refractivity contribution in [3.63, 3.8) is 0 Å². The van der Waals surface area contributed by atoms with E-state index in [1.54, 1.807) is 67.6 Å². The summed E-state index contributed by atoms with van der Waals surface area (Å²) in [5.41, 5.74) is 5.85. The van der Waals surface area contributed by atoms with E-state index in [0.29, 0.717) is 61.0 Å². The number of rotatable bonds is 4. The summed E-state index contributed by atoms with van der Waals surface area (Å²) in [5, 5.41) is 13.0. The van der Waals surface area contributed by atoms with Crippen molar-refractivity contribution >= 4 is 43.6 Å². The van der Waals surface area contributed by atoms with Gasteiger partial charge in [-0.2, -0.15) is 31.6 Å². The molecule has 0 fully saturated rings. The average molecular weight is 750 g/mol. The first-order chi connectivity index (χ1) is 26.8. The Morgan fingerprint density at radius 1 is 0.500 bits per heavy atom. The van der Waals surface area contributed by atoms with E-state index < -0.39 is 23.5 Å². The fraction of sp³-hybridized carbons (Fsp3) is 0.0851. The Morgan fingerprint density at radius 2 is 1.07 bits per heavy atom. The highest BCUT2D eigenvalue weighted by atomic mass is 19.4. The van der Waals surface area contributed by atoms with Crippen LogP contribution in [-0.2, 0) is 12.4 Å². The van der Waals surface area contributed by atoms with E-state index in [2.05, 4.69) is 16.7 Å². The Bertz CT molecular complexity index is 3100. The van der Waals surface area contributed by atoms with Crippen molar-refractivity contribution in [3.05, 3.63) is 167 Å². The van der Waals surface area contributed by atoms with Gasteiger partial charge in [-0.1, -0.05) is 78.4 Å². The predicted molar refractivity (Wildman–Crippen MR) is 210 cm³/mol. The third-order valence-corrected chi connectivity index (χ3v) is 10.6. The van der Waals surface area contributed by atoms with Crippen molar-refractivity contribution in [3.8, 4) is 39.7 Å². The van der Waals surface area contributed by atoms with E-state index in [0.717, 1.165) is 45.6 Å². The molecular formula is C47H29F6N3. The molecule has 3 nitrogen and oxygen atoms in total. The van der Waals surface area contributed by atoms with Crippen molar-refractivity contribution in [2.24, 2.45) is 0 Å². The van der Waals surface area contributed by atoms with Crippen molar-refractivity contribution in [1.82, 2.24) is 9.13 Å². The molecule has 9 heteroatoms. The predicted octanol–water partition coefficient (Wildman–Crippen LogP) is 13.7. The molecule has 0 saturated heterocycles. The number of nitriles is 1. The lowest BCUT2D eigenvalue weighted by Crippen LogP contribution is -2.08. The quantitative estimate of drug-likeness (QED) is 0.165. The maximum absolute atomic E-state index is 14.6. The zero-order valence-electron chi connectivity index (χ0n) is 29.9.